The van der Waals surface area contributed by atoms with Crippen LogP contribution in [0.3, 0.4) is 0 Å². The lowest BCUT2D eigenvalue weighted by Crippen LogP contribution is -2.04. The van der Waals surface area contributed by atoms with Gasteiger partial charge in [0.05, 0.1) is 11.2 Å². The summed E-state index contributed by atoms with van der Waals surface area (Å²) >= 11 is 0. The first-order chi connectivity index (χ1) is 9.09. The second-order valence-electron chi connectivity index (χ2n) is 3.99. The number of imidazole rings is 1. The molecule has 3 aromatic rings. The molecule has 6 heteroatoms. The number of nitrogens with zero attached hydrogens (tertiary/aromatic N) is 2. The van der Waals surface area contributed by atoms with Gasteiger partial charge in [-0.05, 0) is 24.3 Å². The van der Waals surface area contributed by atoms with Crippen LogP contribution in [0, 0.1) is 17.5 Å². The summed E-state index contributed by atoms with van der Waals surface area (Å²) in [6.07, 6.45) is 0. The van der Waals surface area contributed by atoms with Crippen molar-refractivity contribution in [1.82, 2.24) is 9.55 Å². The van der Waals surface area contributed by atoms with E-state index in [4.69, 9.17) is 5.73 Å². The van der Waals surface area contributed by atoms with Crippen molar-refractivity contribution in [3.63, 3.8) is 0 Å². The maximum Gasteiger partial charge on any atom is 0.206 e. The summed E-state index contributed by atoms with van der Waals surface area (Å²) < 4.78 is 42.0. The summed E-state index contributed by atoms with van der Waals surface area (Å²) in [5, 5.41) is 0. The second-order valence-corrected chi connectivity index (χ2v) is 3.99. The first-order valence-electron chi connectivity index (χ1n) is 5.46. The molecule has 0 spiro atoms. The highest BCUT2D eigenvalue weighted by Gasteiger charge is 2.18. The lowest BCUT2D eigenvalue weighted by molar-refractivity contribution is 0.514. The van der Waals surface area contributed by atoms with E-state index in [1.807, 2.05) is 0 Å². The molecule has 0 fully saturated rings. The Hall–Kier alpha value is -2.50. The molecule has 2 N–H and O–H groups in total. The number of fused-ring (bicyclic) bond motifs is 1. The van der Waals surface area contributed by atoms with Crippen LogP contribution in [0.15, 0.2) is 36.4 Å². The van der Waals surface area contributed by atoms with Crippen molar-refractivity contribution in [1.29, 1.82) is 0 Å². The van der Waals surface area contributed by atoms with E-state index in [1.165, 1.54) is 24.3 Å². The minimum Gasteiger partial charge on any atom is -0.369 e. The number of aromatic nitrogens is 2. The van der Waals surface area contributed by atoms with Gasteiger partial charge >= 0.3 is 0 Å². The Bertz CT molecular complexity index is 780. The van der Waals surface area contributed by atoms with E-state index in [2.05, 4.69) is 4.98 Å². The van der Waals surface area contributed by atoms with E-state index in [9.17, 15) is 13.2 Å². The van der Waals surface area contributed by atoms with Crippen LogP contribution in [0.5, 0.6) is 0 Å². The summed E-state index contributed by atoms with van der Waals surface area (Å²) in [5.74, 6) is -2.85. The van der Waals surface area contributed by atoms with Crippen molar-refractivity contribution >= 4 is 17.0 Å². The molecule has 0 saturated heterocycles. The summed E-state index contributed by atoms with van der Waals surface area (Å²) in [5.41, 5.74) is 5.68. The number of anilines is 1. The molecule has 3 nitrogen and oxygen atoms in total. The fourth-order valence-corrected chi connectivity index (χ4v) is 2.00. The van der Waals surface area contributed by atoms with E-state index in [0.717, 1.165) is 10.6 Å². The Balaban J connectivity index is 2.45. The summed E-state index contributed by atoms with van der Waals surface area (Å²) in [4.78, 5) is 3.90. The van der Waals surface area contributed by atoms with Crippen LogP contribution in [0.4, 0.5) is 19.1 Å². The molecular formula is C13H8F3N3. The van der Waals surface area contributed by atoms with E-state index >= 15 is 0 Å². The number of para-hydroxylation sites is 1. The molecule has 0 bridgehead atoms. The van der Waals surface area contributed by atoms with Gasteiger partial charge in [-0.1, -0.05) is 12.1 Å². The molecule has 0 radical (unpaired) electrons. The quantitative estimate of drug-likeness (QED) is 0.733. The van der Waals surface area contributed by atoms with Crippen molar-refractivity contribution < 1.29 is 13.2 Å². The largest absolute Gasteiger partial charge is 0.369 e. The molecule has 0 aliphatic heterocycles. The Morgan fingerprint density at radius 1 is 0.947 bits per heavy atom. The lowest BCUT2D eigenvalue weighted by atomic mass is 10.2. The predicted molar refractivity (Wildman–Crippen MR) is 65.4 cm³/mol. The molecule has 0 aliphatic carbocycles. The maximum atomic E-state index is 13.9. The fourth-order valence-electron chi connectivity index (χ4n) is 2.00. The second kappa shape index (κ2) is 4.01. The van der Waals surface area contributed by atoms with E-state index < -0.39 is 17.5 Å². The van der Waals surface area contributed by atoms with Gasteiger partial charge in [0, 0.05) is 0 Å². The van der Waals surface area contributed by atoms with Gasteiger partial charge in [0.1, 0.15) is 11.3 Å². The number of halogens is 3. The monoisotopic (exact) mass is 263 g/mol. The molecule has 1 aromatic heterocycles. The molecule has 2 aromatic carbocycles. The SMILES string of the molecule is Nc1nc2ccc(F)c(F)c2n1-c1ccccc1F. The highest BCUT2D eigenvalue weighted by molar-refractivity contribution is 5.81. The topological polar surface area (TPSA) is 43.8 Å². The number of nitrogens with two attached hydrogens (primary N) is 1. The Morgan fingerprint density at radius 2 is 1.68 bits per heavy atom. The van der Waals surface area contributed by atoms with Crippen LogP contribution >= 0.6 is 0 Å². The molecule has 0 atom stereocenters. The zero-order chi connectivity index (χ0) is 13.6. The van der Waals surface area contributed by atoms with Crippen LogP contribution < -0.4 is 5.73 Å². The highest BCUT2D eigenvalue weighted by atomic mass is 19.2. The third-order valence-electron chi connectivity index (χ3n) is 2.83. The van der Waals surface area contributed by atoms with Gasteiger partial charge < -0.3 is 5.73 Å². The fraction of sp³-hybridized carbons (Fsp3) is 0. The van der Waals surface area contributed by atoms with Gasteiger partial charge in [0.15, 0.2) is 11.6 Å². The molecule has 1 heterocycles. The van der Waals surface area contributed by atoms with Gasteiger partial charge in [-0.25, -0.2) is 18.2 Å². The molecule has 96 valence electrons. The molecule has 0 unspecified atom stereocenters. The normalized spacial score (nSPS) is 11.1. The number of nitrogen functional groups attached to an aromatic ring is 1. The first-order valence-corrected chi connectivity index (χ1v) is 5.46. The van der Waals surface area contributed by atoms with Crippen LogP contribution in [-0.4, -0.2) is 9.55 Å². The van der Waals surface area contributed by atoms with Crippen LogP contribution in [0.1, 0.15) is 0 Å². The standard InChI is InChI=1S/C13H8F3N3/c14-7-3-1-2-4-10(7)19-12-9(18-13(19)17)6-5-8(15)11(12)16/h1-6H,(H2,17,18). The van der Waals surface area contributed by atoms with Gasteiger partial charge in [-0.2, -0.15) is 0 Å². The zero-order valence-corrected chi connectivity index (χ0v) is 9.57. The molecule has 0 aliphatic rings. The van der Waals surface area contributed by atoms with Gasteiger partial charge in [0.2, 0.25) is 5.95 Å². The third kappa shape index (κ3) is 1.64. The summed E-state index contributed by atoms with van der Waals surface area (Å²) in [6, 6.07) is 7.93. The number of hydrogen-bond donors (Lipinski definition) is 1. The molecule has 19 heavy (non-hydrogen) atoms. The predicted octanol–water partition coefficient (Wildman–Crippen LogP) is 3.03. The molecule has 0 saturated carbocycles. The Labute approximate surface area is 106 Å². The van der Waals surface area contributed by atoms with Crippen molar-refractivity contribution in [2.24, 2.45) is 0 Å². The summed E-state index contributed by atoms with van der Waals surface area (Å²) in [6.45, 7) is 0. The zero-order valence-electron chi connectivity index (χ0n) is 9.57. The highest BCUT2D eigenvalue weighted by Crippen LogP contribution is 2.27. The number of rotatable bonds is 1. The van der Waals surface area contributed by atoms with E-state index in [0.29, 0.717) is 0 Å². The van der Waals surface area contributed by atoms with Crippen molar-refractivity contribution in [2.75, 3.05) is 5.73 Å². The maximum absolute atomic E-state index is 13.9. The lowest BCUT2D eigenvalue weighted by Gasteiger charge is -2.08. The first kappa shape index (κ1) is 11.6. The smallest absolute Gasteiger partial charge is 0.206 e. The molecule has 0 amide bonds. The average molecular weight is 263 g/mol. The van der Waals surface area contributed by atoms with Crippen LogP contribution in [-0.2, 0) is 0 Å². The summed E-state index contributed by atoms with van der Waals surface area (Å²) in [7, 11) is 0. The Morgan fingerprint density at radius 3 is 2.42 bits per heavy atom. The third-order valence-corrected chi connectivity index (χ3v) is 2.83. The molecular weight excluding hydrogens is 255 g/mol. The minimum absolute atomic E-state index is 0.0204. The number of hydrogen-bond acceptors (Lipinski definition) is 2. The van der Waals surface area contributed by atoms with Crippen molar-refractivity contribution in [2.45, 2.75) is 0 Å². The van der Waals surface area contributed by atoms with Gasteiger partial charge in [-0.3, -0.25) is 4.57 Å². The minimum atomic E-state index is -1.11. The number of benzene rings is 2. The van der Waals surface area contributed by atoms with E-state index in [1.54, 1.807) is 6.07 Å². The Kier molecular flexibility index (Phi) is 2.45. The van der Waals surface area contributed by atoms with Crippen LogP contribution in [0.2, 0.25) is 0 Å². The van der Waals surface area contributed by atoms with Gasteiger partial charge in [0.25, 0.3) is 0 Å². The van der Waals surface area contributed by atoms with Crippen LogP contribution in [0.25, 0.3) is 16.7 Å². The average Bonchev–Trinajstić information content (AvgIpc) is 2.72. The van der Waals surface area contributed by atoms with E-state index in [-0.39, 0.29) is 22.7 Å². The van der Waals surface area contributed by atoms with Gasteiger partial charge in [-0.15, -0.1) is 0 Å². The van der Waals surface area contributed by atoms with Crippen molar-refractivity contribution in [3.05, 3.63) is 53.8 Å². The molecule has 3 rings (SSSR count). The van der Waals surface area contributed by atoms with Crippen molar-refractivity contribution in [3.8, 4) is 5.69 Å².